The summed E-state index contributed by atoms with van der Waals surface area (Å²) in [6, 6.07) is 5.29. The lowest BCUT2D eigenvalue weighted by Gasteiger charge is -2.06. The van der Waals surface area contributed by atoms with E-state index in [2.05, 4.69) is 0 Å². The molecule has 0 bridgehead atoms. The minimum atomic E-state index is -0.312. The topological polar surface area (TPSA) is 35.5 Å². The molecule has 70 valence electrons. The van der Waals surface area contributed by atoms with E-state index in [0.717, 1.165) is 11.3 Å². The summed E-state index contributed by atoms with van der Waals surface area (Å²) in [4.78, 5) is 10.7. The lowest BCUT2D eigenvalue weighted by Crippen LogP contribution is -2.02. The zero-order chi connectivity index (χ0) is 9.84. The number of esters is 1. The van der Waals surface area contributed by atoms with E-state index >= 15 is 0 Å². The second kappa shape index (κ2) is 3.94. The summed E-state index contributed by atoms with van der Waals surface area (Å²) in [5, 5.41) is 0. The molecular formula is C10H12O3. The Bertz CT molecular complexity index is 318. The number of methoxy groups -OCH3 is 1. The molecule has 0 aliphatic rings. The van der Waals surface area contributed by atoms with Crippen LogP contribution >= 0.6 is 0 Å². The largest absolute Gasteiger partial charge is 0.497 e. The Kier molecular flexibility index (Phi) is 2.90. The van der Waals surface area contributed by atoms with Crippen molar-refractivity contribution >= 4 is 5.97 Å². The quantitative estimate of drug-likeness (QED) is 0.515. The summed E-state index contributed by atoms with van der Waals surface area (Å²) < 4.78 is 9.96. The Morgan fingerprint density at radius 1 is 1.38 bits per heavy atom. The van der Waals surface area contributed by atoms with Crippen LogP contribution in [0.4, 0.5) is 0 Å². The molecule has 0 spiro atoms. The molecule has 13 heavy (non-hydrogen) atoms. The lowest BCUT2D eigenvalue weighted by atomic mass is 10.2. The average molecular weight is 180 g/mol. The monoisotopic (exact) mass is 180 g/mol. The van der Waals surface area contributed by atoms with Crippen molar-refractivity contribution < 1.29 is 14.3 Å². The highest BCUT2D eigenvalue weighted by Gasteiger charge is 2.03. The molecule has 0 aliphatic carbocycles. The molecule has 0 atom stereocenters. The first-order chi connectivity index (χ1) is 6.13. The van der Waals surface area contributed by atoms with Gasteiger partial charge in [0.1, 0.15) is 11.5 Å². The third kappa shape index (κ3) is 2.47. The molecule has 0 N–H and O–H groups in total. The van der Waals surface area contributed by atoms with Gasteiger partial charge in [0.25, 0.3) is 0 Å². The van der Waals surface area contributed by atoms with Crippen LogP contribution < -0.4 is 9.47 Å². The van der Waals surface area contributed by atoms with Crippen molar-refractivity contribution in [3.63, 3.8) is 0 Å². The average Bonchev–Trinajstić information content (AvgIpc) is 2.08. The Morgan fingerprint density at radius 3 is 2.54 bits per heavy atom. The number of hydrogen-bond acceptors (Lipinski definition) is 3. The standard InChI is InChI=1S/C10H12O3/c1-7-6-9(12-3)4-5-10(7)13-8(2)11/h4-6H,1-3H3. The second-order valence-corrected chi connectivity index (χ2v) is 2.73. The molecular weight excluding hydrogens is 168 g/mol. The van der Waals surface area contributed by atoms with Crippen LogP contribution in [0, 0.1) is 6.92 Å². The van der Waals surface area contributed by atoms with Gasteiger partial charge in [-0.15, -0.1) is 0 Å². The maximum Gasteiger partial charge on any atom is 0.308 e. The Balaban J connectivity index is 2.91. The fraction of sp³-hybridized carbons (Fsp3) is 0.300. The Labute approximate surface area is 77.3 Å². The molecule has 0 unspecified atom stereocenters. The van der Waals surface area contributed by atoms with Crippen molar-refractivity contribution in [1.82, 2.24) is 0 Å². The second-order valence-electron chi connectivity index (χ2n) is 2.73. The summed E-state index contributed by atoms with van der Waals surface area (Å²) in [6.45, 7) is 3.24. The molecule has 0 aliphatic heterocycles. The zero-order valence-corrected chi connectivity index (χ0v) is 7.96. The van der Waals surface area contributed by atoms with Crippen LogP contribution in [0.15, 0.2) is 18.2 Å². The van der Waals surface area contributed by atoms with E-state index in [1.165, 1.54) is 6.92 Å². The van der Waals surface area contributed by atoms with Gasteiger partial charge in [-0.25, -0.2) is 0 Å². The molecule has 0 saturated heterocycles. The number of aryl methyl sites for hydroxylation is 1. The SMILES string of the molecule is COc1ccc(OC(C)=O)c(C)c1. The van der Waals surface area contributed by atoms with E-state index < -0.39 is 0 Å². The van der Waals surface area contributed by atoms with Gasteiger partial charge in [0, 0.05) is 6.92 Å². The molecule has 1 rings (SSSR count). The summed E-state index contributed by atoms with van der Waals surface area (Å²) in [5.41, 5.74) is 0.884. The molecule has 1 aromatic carbocycles. The van der Waals surface area contributed by atoms with E-state index in [9.17, 15) is 4.79 Å². The fourth-order valence-corrected chi connectivity index (χ4v) is 1.02. The van der Waals surface area contributed by atoms with Gasteiger partial charge in [-0.05, 0) is 30.7 Å². The van der Waals surface area contributed by atoms with Crippen LogP contribution in [0.5, 0.6) is 11.5 Å². The van der Waals surface area contributed by atoms with Gasteiger partial charge in [-0.2, -0.15) is 0 Å². The summed E-state index contributed by atoms with van der Waals surface area (Å²) in [6.07, 6.45) is 0. The van der Waals surface area contributed by atoms with Gasteiger partial charge in [0.2, 0.25) is 0 Å². The van der Waals surface area contributed by atoms with Crippen molar-refractivity contribution in [2.75, 3.05) is 7.11 Å². The van der Waals surface area contributed by atoms with Gasteiger partial charge in [0.05, 0.1) is 7.11 Å². The van der Waals surface area contributed by atoms with E-state index in [1.807, 2.05) is 13.0 Å². The van der Waals surface area contributed by atoms with Gasteiger partial charge in [0.15, 0.2) is 0 Å². The van der Waals surface area contributed by atoms with Crippen LogP contribution in [-0.2, 0) is 4.79 Å². The first-order valence-corrected chi connectivity index (χ1v) is 3.96. The summed E-state index contributed by atoms with van der Waals surface area (Å²) in [7, 11) is 1.60. The van der Waals surface area contributed by atoms with Crippen LogP contribution in [0.25, 0.3) is 0 Å². The summed E-state index contributed by atoms with van der Waals surface area (Å²) >= 11 is 0. The number of ether oxygens (including phenoxy) is 2. The highest BCUT2D eigenvalue weighted by atomic mass is 16.5. The molecule has 3 heteroatoms. The third-order valence-electron chi connectivity index (χ3n) is 1.64. The van der Waals surface area contributed by atoms with Crippen LogP contribution in [-0.4, -0.2) is 13.1 Å². The maximum atomic E-state index is 10.7. The molecule has 3 nitrogen and oxygen atoms in total. The fourth-order valence-electron chi connectivity index (χ4n) is 1.02. The molecule has 0 aromatic heterocycles. The Morgan fingerprint density at radius 2 is 2.08 bits per heavy atom. The minimum Gasteiger partial charge on any atom is -0.497 e. The predicted octanol–water partition coefficient (Wildman–Crippen LogP) is 1.93. The molecule has 0 saturated carbocycles. The van der Waals surface area contributed by atoms with E-state index in [-0.39, 0.29) is 5.97 Å². The zero-order valence-electron chi connectivity index (χ0n) is 7.96. The molecule has 0 heterocycles. The molecule has 0 radical (unpaired) electrons. The summed E-state index contributed by atoms with van der Waals surface area (Å²) in [5.74, 6) is 1.02. The van der Waals surface area contributed by atoms with E-state index in [1.54, 1.807) is 19.2 Å². The first-order valence-electron chi connectivity index (χ1n) is 3.96. The van der Waals surface area contributed by atoms with Crippen molar-refractivity contribution in [2.45, 2.75) is 13.8 Å². The van der Waals surface area contributed by atoms with Gasteiger partial charge in [-0.3, -0.25) is 4.79 Å². The number of rotatable bonds is 2. The lowest BCUT2D eigenvalue weighted by molar-refractivity contribution is -0.131. The van der Waals surface area contributed by atoms with E-state index in [0.29, 0.717) is 5.75 Å². The van der Waals surface area contributed by atoms with Crippen LogP contribution in [0.2, 0.25) is 0 Å². The van der Waals surface area contributed by atoms with Gasteiger partial charge in [-0.1, -0.05) is 0 Å². The normalized spacial score (nSPS) is 9.46. The van der Waals surface area contributed by atoms with Crippen molar-refractivity contribution in [2.24, 2.45) is 0 Å². The van der Waals surface area contributed by atoms with Gasteiger partial charge < -0.3 is 9.47 Å². The first kappa shape index (κ1) is 9.58. The Hall–Kier alpha value is -1.51. The van der Waals surface area contributed by atoms with Crippen LogP contribution in [0.1, 0.15) is 12.5 Å². The number of carbonyl (C=O) groups excluding carboxylic acids is 1. The number of hydrogen-bond donors (Lipinski definition) is 0. The van der Waals surface area contributed by atoms with Crippen molar-refractivity contribution in [1.29, 1.82) is 0 Å². The maximum absolute atomic E-state index is 10.7. The molecule has 1 aromatic rings. The predicted molar refractivity (Wildman–Crippen MR) is 49.0 cm³/mol. The van der Waals surface area contributed by atoms with Crippen molar-refractivity contribution in [3.05, 3.63) is 23.8 Å². The highest BCUT2D eigenvalue weighted by Crippen LogP contribution is 2.22. The number of benzene rings is 1. The van der Waals surface area contributed by atoms with Gasteiger partial charge >= 0.3 is 5.97 Å². The van der Waals surface area contributed by atoms with E-state index in [4.69, 9.17) is 9.47 Å². The highest BCUT2D eigenvalue weighted by molar-refractivity contribution is 5.69. The van der Waals surface area contributed by atoms with Crippen molar-refractivity contribution in [3.8, 4) is 11.5 Å². The third-order valence-corrected chi connectivity index (χ3v) is 1.64. The van der Waals surface area contributed by atoms with Crippen LogP contribution in [0.3, 0.4) is 0 Å². The number of carbonyl (C=O) groups is 1. The smallest absolute Gasteiger partial charge is 0.308 e. The minimum absolute atomic E-state index is 0.312. The molecule has 0 amide bonds. The molecule has 0 fully saturated rings.